The molecule has 13 heavy (non-hydrogen) atoms. The standard InChI is InChI=1S/C9H12BNO2/c11-9-4-3-7(6-1-2-6)5-8(9)10(12)13/h3-6,12-13H,1-2,11H2. The van der Waals surface area contributed by atoms with Crippen molar-refractivity contribution in [2.24, 2.45) is 0 Å². The van der Waals surface area contributed by atoms with E-state index < -0.39 is 7.12 Å². The maximum Gasteiger partial charge on any atom is 0.490 e. The molecule has 2 rings (SSSR count). The number of rotatable bonds is 2. The molecule has 4 heteroatoms. The molecule has 0 saturated heterocycles. The van der Waals surface area contributed by atoms with Crippen LogP contribution >= 0.6 is 0 Å². The van der Waals surface area contributed by atoms with Crippen molar-refractivity contribution < 1.29 is 10.0 Å². The van der Waals surface area contributed by atoms with Crippen LogP contribution in [0.5, 0.6) is 0 Å². The average Bonchev–Trinajstić information content (AvgIpc) is 2.87. The molecule has 1 fully saturated rings. The van der Waals surface area contributed by atoms with E-state index in [-0.39, 0.29) is 0 Å². The van der Waals surface area contributed by atoms with Crippen LogP contribution in [0.25, 0.3) is 0 Å². The molecule has 0 bridgehead atoms. The number of nitrogens with two attached hydrogens (primary N) is 1. The molecule has 1 aromatic rings. The summed E-state index contributed by atoms with van der Waals surface area (Å²) in [5.41, 5.74) is 7.62. The summed E-state index contributed by atoms with van der Waals surface area (Å²) in [6.45, 7) is 0. The molecular weight excluding hydrogens is 165 g/mol. The Kier molecular flexibility index (Phi) is 2.02. The quantitative estimate of drug-likeness (QED) is 0.433. The molecule has 1 aliphatic carbocycles. The van der Waals surface area contributed by atoms with Gasteiger partial charge < -0.3 is 15.8 Å². The highest BCUT2D eigenvalue weighted by atomic mass is 16.4. The number of anilines is 1. The zero-order valence-electron chi connectivity index (χ0n) is 7.27. The molecule has 0 aromatic heterocycles. The zero-order valence-corrected chi connectivity index (χ0v) is 7.27. The van der Waals surface area contributed by atoms with Crippen LogP contribution in [0, 0.1) is 0 Å². The molecule has 3 nitrogen and oxygen atoms in total. The second-order valence-corrected chi connectivity index (χ2v) is 3.54. The van der Waals surface area contributed by atoms with Crippen molar-refractivity contribution in [1.82, 2.24) is 0 Å². The van der Waals surface area contributed by atoms with Crippen LogP contribution in [0.1, 0.15) is 24.3 Å². The zero-order chi connectivity index (χ0) is 9.42. The number of hydrogen-bond acceptors (Lipinski definition) is 3. The maximum atomic E-state index is 9.01. The summed E-state index contributed by atoms with van der Waals surface area (Å²) < 4.78 is 0. The minimum atomic E-state index is -1.46. The van der Waals surface area contributed by atoms with Gasteiger partial charge in [0.05, 0.1) is 0 Å². The van der Waals surface area contributed by atoms with Crippen molar-refractivity contribution in [2.45, 2.75) is 18.8 Å². The highest BCUT2D eigenvalue weighted by Crippen LogP contribution is 2.39. The third-order valence-electron chi connectivity index (χ3n) is 2.44. The van der Waals surface area contributed by atoms with Gasteiger partial charge in [-0.3, -0.25) is 0 Å². The predicted octanol–water partition coefficient (Wildman–Crippen LogP) is -0.174. The predicted molar refractivity (Wildman–Crippen MR) is 52.7 cm³/mol. The fraction of sp³-hybridized carbons (Fsp3) is 0.333. The molecule has 1 aromatic carbocycles. The highest BCUT2D eigenvalue weighted by molar-refractivity contribution is 6.60. The summed E-state index contributed by atoms with van der Waals surface area (Å²) >= 11 is 0. The maximum absolute atomic E-state index is 9.01. The summed E-state index contributed by atoms with van der Waals surface area (Å²) in [5, 5.41) is 18.0. The lowest BCUT2D eigenvalue weighted by atomic mass is 9.78. The van der Waals surface area contributed by atoms with Crippen LogP contribution in [0.3, 0.4) is 0 Å². The molecule has 0 heterocycles. The summed E-state index contributed by atoms with van der Waals surface area (Å²) in [6, 6.07) is 5.49. The third kappa shape index (κ3) is 1.69. The van der Waals surface area contributed by atoms with E-state index in [0.717, 1.165) is 5.56 Å². The van der Waals surface area contributed by atoms with Gasteiger partial charge in [-0.2, -0.15) is 0 Å². The summed E-state index contributed by atoms with van der Waals surface area (Å²) in [6.07, 6.45) is 2.40. The first-order valence-electron chi connectivity index (χ1n) is 4.44. The fourth-order valence-corrected chi connectivity index (χ4v) is 1.49. The van der Waals surface area contributed by atoms with Gasteiger partial charge >= 0.3 is 7.12 Å². The van der Waals surface area contributed by atoms with Gasteiger partial charge in [0.2, 0.25) is 0 Å². The van der Waals surface area contributed by atoms with Crippen molar-refractivity contribution in [1.29, 1.82) is 0 Å². The summed E-state index contributed by atoms with van der Waals surface area (Å²) in [7, 11) is -1.46. The van der Waals surface area contributed by atoms with Gasteiger partial charge in [-0.15, -0.1) is 0 Å². The smallest absolute Gasteiger partial charge is 0.423 e. The van der Waals surface area contributed by atoms with Crippen molar-refractivity contribution in [2.75, 3.05) is 5.73 Å². The lowest BCUT2D eigenvalue weighted by molar-refractivity contribution is 0.426. The second kappa shape index (κ2) is 3.05. The van der Waals surface area contributed by atoms with Crippen LogP contribution in [-0.4, -0.2) is 17.2 Å². The Labute approximate surface area is 77.3 Å². The first-order chi connectivity index (χ1) is 6.18. The fourth-order valence-electron chi connectivity index (χ4n) is 1.49. The molecular formula is C9H12BNO2. The summed E-state index contributed by atoms with van der Waals surface area (Å²) in [4.78, 5) is 0. The Morgan fingerprint density at radius 3 is 2.54 bits per heavy atom. The molecule has 0 atom stereocenters. The van der Waals surface area contributed by atoms with E-state index in [1.165, 1.54) is 12.8 Å². The van der Waals surface area contributed by atoms with Gasteiger partial charge in [0.1, 0.15) is 0 Å². The Morgan fingerprint density at radius 1 is 1.31 bits per heavy atom. The van der Waals surface area contributed by atoms with E-state index >= 15 is 0 Å². The van der Waals surface area contributed by atoms with E-state index in [1.54, 1.807) is 12.1 Å². The van der Waals surface area contributed by atoms with Gasteiger partial charge in [0, 0.05) is 11.2 Å². The molecule has 0 aliphatic heterocycles. The monoisotopic (exact) mass is 177 g/mol. The third-order valence-corrected chi connectivity index (χ3v) is 2.44. The molecule has 0 radical (unpaired) electrons. The molecule has 1 aliphatic rings. The van der Waals surface area contributed by atoms with E-state index in [9.17, 15) is 0 Å². The second-order valence-electron chi connectivity index (χ2n) is 3.54. The van der Waals surface area contributed by atoms with Gasteiger partial charge in [-0.25, -0.2) is 0 Å². The molecule has 0 amide bonds. The van der Waals surface area contributed by atoms with Gasteiger partial charge in [0.15, 0.2) is 0 Å². The Hall–Kier alpha value is -0.995. The topological polar surface area (TPSA) is 66.5 Å². The van der Waals surface area contributed by atoms with Gasteiger partial charge in [0.25, 0.3) is 0 Å². The molecule has 0 spiro atoms. The van der Waals surface area contributed by atoms with E-state index in [4.69, 9.17) is 15.8 Å². The molecule has 0 unspecified atom stereocenters. The molecule has 4 N–H and O–H groups in total. The first-order valence-corrected chi connectivity index (χ1v) is 4.44. The van der Waals surface area contributed by atoms with Crippen LogP contribution < -0.4 is 11.2 Å². The lowest BCUT2D eigenvalue weighted by Crippen LogP contribution is -2.32. The molecule has 1 saturated carbocycles. The van der Waals surface area contributed by atoms with Crippen LogP contribution in [-0.2, 0) is 0 Å². The van der Waals surface area contributed by atoms with Crippen LogP contribution in [0.15, 0.2) is 18.2 Å². The van der Waals surface area contributed by atoms with E-state index in [0.29, 0.717) is 17.1 Å². The van der Waals surface area contributed by atoms with Crippen molar-refractivity contribution in [3.63, 3.8) is 0 Å². The Morgan fingerprint density at radius 2 is 2.00 bits per heavy atom. The van der Waals surface area contributed by atoms with E-state index in [2.05, 4.69) is 0 Å². The lowest BCUT2D eigenvalue weighted by Gasteiger charge is -2.06. The van der Waals surface area contributed by atoms with Crippen LogP contribution in [0.4, 0.5) is 5.69 Å². The number of hydrogen-bond donors (Lipinski definition) is 3. The number of nitrogen functional groups attached to an aromatic ring is 1. The minimum absolute atomic E-state index is 0.421. The minimum Gasteiger partial charge on any atom is -0.423 e. The summed E-state index contributed by atoms with van der Waals surface area (Å²) in [5.74, 6) is 0.609. The molecule has 68 valence electrons. The Bertz CT molecular complexity index is 323. The van der Waals surface area contributed by atoms with E-state index in [1.807, 2.05) is 6.07 Å². The SMILES string of the molecule is Nc1ccc(C2CC2)cc1B(O)O. The van der Waals surface area contributed by atoms with Crippen LogP contribution in [0.2, 0.25) is 0 Å². The average molecular weight is 177 g/mol. The van der Waals surface area contributed by atoms with Crippen molar-refractivity contribution in [3.05, 3.63) is 23.8 Å². The van der Waals surface area contributed by atoms with Gasteiger partial charge in [-0.05, 0) is 30.4 Å². The number of benzene rings is 1. The van der Waals surface area contributed by atoms with Gasteiger partial charge in [-0.1, -0.05) is 12.1 Å². The Balaban J connectivity index is 2.36. The largest absolute Gasteiger partial charge is 0.490 e. The van der Waals surface area contributed by atoms with Crippen molar-refractivity contribution in [3.8, 4) is 0 Å². The first kappa shape index (κ1) is 8.60. The normalized spacial score (nSPS) is 15.8. The van der Waals surface area contributed by atoms with Crippen molar-refractivity contribution >= 4 is 18.3 Å². The highest BCUT2D eigenvalue weighted by Gasteiger charge is 2.25.